The molecule has 0 aliphatic carbocycles. The highest BCUT2D eigenvalue weighted by Crippen LogP contribution is 2.25. The van der Waals surface area contributed by atoms with Gasteiger partial charge in [0.1, 0.15) is 0 Å². The van der Waals surface area contributed by atoms with E-state index in [9.17, 15) is 13.2 Å². The Morgan fingerprint density at radius 3 is 2.35 bits per heavy atom. The number of furan rings is 1. The van der Waals surface area contributed by atoms with Crippen molar-refractivity contribution in [1.29, 1.82) is 0 Å². The molecule has 134 valence electrons. The highest BCUT2D eigenvalue weighted by molar-refractivity contribution is 9.10. The normalized spacial score (nSPS) is 11.3. The number of rotatable bonds is 4. The molecule has 0 bridgehead atoms. The fourth-order valence-corrected chi connectivity index (χ4v) is 3.89. The molecule has 3 aromatic rings. The molecule has 1 N–H and O–H groups in total. The van der Waals surface area contributed by atoms with E-state index in [4.69, 9.17) is 4.42 Å². The van der Waals surface area contributed by atoms with E-state index in [0.29, 0.717) is 5.69 Å². The van der Waals surface area contributed by atoms with Crippen molar-refractivity contribution in [3.8, 4) is 0 Å². The van der Waals surface area contributed by atoms with Crippen LogP contribution in [-0.4, -0.2) is 14.3 Å². The minimum Gasteiger partial charge on any atom is -0.439 e. The number of nitrogens with one attached hydrogen (secondary N) is 1. The number of benzene rings is 2. The summed E-state index contributed by atoms with van der Waals surface area (Å²) in [4.78, 5) is 12.5. The molecule has 0 aliphatic rings. The molecule has 0 spiro atoms. The molecule has 0 fully saturated rings. The van der Waals surface area contributed by atoms with Gasteiger partial charge < -0.3 is 9.73 Å². The Hall–Kier alpha value is -2.38. The standard InChI is InChI=1S/C19H16BrNO4S/c1-12-3-8-16(13(2)11-12)21-19(22)17-9-10-18(25-17)26(23,24)15-6-4-14(20)5-7-15/h3-11H,1-2H3,(H,21,22). The Bertz CT molecular complexity index is 1070. The first-order valence-corrected chi connectivity index (χ1v) is 10.0. The van der Waals surface area contributed by atoms with Crippen LogP contribution in [0.25, 0.3) is 0 Å². The molecule has 0 radical (unpaired) electrons. The molecule has 1 amide bonds. The van der Waals surface area contributed by atoms with E-state index in [1.807, 2.05) is 26.0 Å². The molecule has 1 aromatic heterocycles. The Morgan fingerprint density at radius 1 is 1.00 bits per heavy atom. The van der Waals surface area contributed by atoms with E-state index in [2.05, 4.69) is 21.2 Å². The topological polar surface area (TPSA) is 76.4 Å². The molecule has 3 rings (SSSR count). The van der Waals surface area contributed by atoms with Gasteiger partial charge in [-0.2, -0.15) is 0 Å². The first-order valence-electron chi connectivity index (χ1n) is 7.76. The third-order valence-corrected chi connectivity index (χ3v) is 5.99. The molecule has 0 saturated carbocycles. The molecular weight excluding hydrogens is 418 g/mol. The summed E-state index contributed by atoms with van der Waals surface area (Å²) in [5.41, 5.74) is 2.64. The van der Waals surface area contributed by atoms with Crippen molar-refractivity contribution < 1.29 is 17.6 Å². The first kappa shape index (κ1) is 18.4. The Balaban J connectivity index is 1.85. The van der Waals surface area contributed by atoms with E-state index in [0.717, 1.165) is 15.6 Å². The van der Waals surface area contributed by atoms with Gasteiger partial charge in [0, 0.05) is 10.2 Å². The second-order valence-electron chi connectivity index (χ2n) is 5.85. The second kappa shape index (κ2) is 7.09. The van der Waals surface area contributed by atoms with Crippen molar-refractivity contribution >= 4 is 37.4 Å². The van der Waals surface area contributed by atoms with E-state index in [-0.39, 0.29) is 15.7 Å². The van der Waals surface area contributed by atoms with Crippen LogP contribution in [0.5, 0.6) is 0 Å². The average molecular weight is 434 g/mol. The summed E-state index contributed by atoms with van der Waals surface area (Å²) in [6.45, 7) is 3.85. The SMILES string of the molecule is Cc1ccc(NC(=O)c2ccc(S(=O)(=O)c3ccc(Br)cc3)o2)c(C)c1. The summed E-state index contributed by atoms with van der Waals surface area (Å²) in [6.07, 6.45) is 0. The summed E-state index contributed by atoms with van der Waals surface area (Å²) in [5.74, 6) is -0.574. The molecule has 7 heteroatoms. The van der Waals surface area contributed by atoms with Gasteiger partial charge >= 0.3 is 0 Å². The number of hydrogen-bond donors (Lipinski definition) is 1. The minimum atomic E-state index is -3.82. The van der Waals surface area contributed by atoms with Crippen LogP contribution in [0.15, 0.2) is 73.5 Å². The van der Waals surface area contributed by atoms with Gasteiger partial charge in [0.15, 0.2) is 5.76 Å². The monoisotopic (exact) mass is 433 g/mol. The van der Waals surface area contributed by atoms with Gasteiger partial charge in [-0.3, -0.25) is 4.79 Å². The van der Waals surface area contributed by atoms with Gasteiger partial charge in [-0.15, -0.1) is 0 Å². The number of sulfone groups is 1. The van der Waals surface area contributed by atoms with Gasteiger partial charge in [0.05, 0.1) is 4.90 Å². The quantitative estimate of drug-likeness (QED) is 0.644. The highest BCUT2D eigenvalue weighted by Gasteiger charge is 2.23. The number of halogens is 1. The van der Waals surface area contributed by atoms with Crippen LogP contribution in [0.4, 0.5) is 5.69 Å². The van der Waals surface area contributed by atoms with E-state index < -0.39 is 15.7 Å². The molecule has 0 unspecified atom stereocenters. The van der Waals surface area contributed by atoms with Crippen molar-refractivity contribution in [2.24, 2.45) is 0 Å². The average Bonchev–Trinajstić information content (AvgIpc) is 3.09. The van der Waals surface area contributed by atoms with Gasteiger partial charge in [-0.05, 0) is 61.9 Å². The zero-order valence-electron chi connectivity index (χ0n) is 14.1. The minimum absolute atomic E-state index is 0.0688. The third kappa shape index (κ3) is 3.73. The number of anilines is 1. The van der Waals surface area contributed by atoms with E-state index in [1.54, 1.807) is 18.2 Å². The number of amides is 1. The van der Waals surface area contributed by atoms with Crippen LogP contribution in [0.2, 0.25) is 0 Å². The lowest BCUT2D eigenvalue weighted by Crippen LogP contribution is -2.12. The first-order chi connectivity index (χ1) is 12.3. The lowest BCUT2D eigenvalue weighted by atomic mass is 10.1. The predicted molar refractivity (Wildman–Crippen MR) is 102 cm³/mol. The van der Waals surface area contributed by atoms with Crippen LogP contribution in [-0.2, 0) is 9.84 Å². The maximum Gasteiger partial charge on any atom is 0.291 e. The summed E-state index contributed by atoms with van der Waals surface area (Å²) in [7, 11) is -3.82. The fourth-order valence-electron chi connectivity index (χ4n) is 2.45. The lowest BCUT2D eigenvalue weighted by Gasteiger charge is -2.07. The molecule has 0 saturated heterocycles. The molecule has 26 heavy (non-hydrogen) atoms. The summed E-state index contributed by atoms with van der Waals surface area (Å²) < 4.78 is 31.3. The maximum absolute atomic E-state index is 12.6. The number of carbonyl (C=O) groups is 1. The molecule has 1 heterocycles. The van der Waals surface area contributed by atoms with Gasteiger partial charge in [-0.25, -0.2) is 8.42 Å². The number of carbonyl (C=O) groups excluding carboxylic acids is 1. The van der Waals surface area contributed by atoms with Crippen LogP contribution in [0.3, 0.4) is 0 Å². The summed E-state index contributed by atoms with van der Waals surface area (Å²) >= 11 is 3.26. The molecule has 5 nitrogen and oxygen atoms in total. The zero-order valence-corrected chi connectivity index (χ0v) is 16.5. The van der Waals surface area contributed by atoms with Crippen molar-refractivity contribution in [1.82, 2.24) is 0 Å². The van der Waals surface area contributed by atoms with Crippen molar-refractivity contribution in [3.63, 3.8) is 0 Å². The van der Waals surface area contributed by atoms with E-state index in [1.165, 1.54) is 24.3 Å². The predicted octanol–water partition coefficient (Wildman–Crippen LogP) is 4.74. The van der Waals surface area contributed by atoms with Crippen LogP contribution in [0.1, 0.15) is 21.7 Å². The van der Waals surface area contributed by atoms with Crippen LogP contribution >= 0.6 is 15.9 Å². The number of aryl methyl sites for hydroxylation is 2. The zero-order chi connectivity index (χ0) is 18.9. The van der Waals surface area contributed by atoms with Crippen molar-refractivity contribution in [2.75, 3.05) is 5.32 Å². The molecular formula is C19H16BrNO4S. The van der Waals surface area contributed by atoms with Gasteiger partial charge in [0.2, 0.25) is 14.9 Å². The highest BCUT2D eigenvalue weighted by atomic mass is 79.9. The van der Waals surface area contributed by atoms with Crippen molar-refractivity contribution in [2.45, 2.75) is 23.8 Å². The summed E-state index contributed by atoms with van der Waals surface area (Å²) in [6, 6.07) is 14.5. The maximum atomic E-state index is 12.6. The smallest absolute Gasteiger partial charge is 0.291 e. The largest absolute Gasteiger partial charge is 0.439 e. The van der Waals surface area contributed by atoms with E-state index >= 15 is 0 Å². The van der Waals surface area contributed by atoms with Gasteiger partial charge in [-0.1, -0.05) is 33.6 Å². The van der Waals surface area contributed by atoms with Crippen LogP contribution in [0, 0.1) is 13.8 Å². The van der Waals surface area contributed by atoms with Gasteiger partial charge in [0.25, 0.3) is 5.91 Å². The van der Waals surface area contributed by atoms with Crippen molar-refractivity contribution in [3.05, 3.63) is 76.0 Å². The lowest BCUT2D eigenvalue weighted by molar-refractivity contribution is 0.0991. The fraction of sp³-hybridized carbons (Fsp3) is 0.105. The van der Waals surface area contributed by atoms with Crippen LogP contribution < -0.4 is 5.32 Å². The Labute approximate surface area is 160 Å². The Morgan fingerprint density at radius 2 is 1.69 bits per heavy atom. The number of hydrogen-bond acceptors (Lipinski definition) is 4. The molecule has 0 atom stereocenters. The second-order valence-corrected chi connectivity index (χ2v) is 8.64. The summed E-state index contributed by atoms with van der Waals surface area (Å²) in [5, 5.41) is 2.46. The molecule has 2 aromatic carbocycles. The Kier molecular flexibility index (Phi) is 5.02. The molecule has 0 aliphatic heterocycles. The third-order valence-electron chi connectivity index (χ3n) is 3.82.